The van der Waals surface area contributed by atoms with Gasteiger partial charge in [0.2, 0.25) is 0 Å². The van der Waals surface area contributed by atoms with E-state index in [-0.39, 0.29) is 0 Å². The molecule has 0 atom stereocenters. The third kappa shape index (κ3) is 5.14. The van der Waals surface area contributed by atoms with Gasteiger partial charge in [0.15, 0.2) is 17.5 Å². The summed E-state index contributed by atoms with van der Waals surface area (Å²) in [6, 6.07) is 64.1. The SMILES string of the molecule is c1ccc(-c2nc(-c3ccccc3)nc(-c3cccc4oc5ccc(-c6ccc7c(c6)c6c8c(ccc6n7-c6ccccc6)-c6ccccc6CC8)cc5c34)n2)cc1. The summed E-state index contributed by atoms with van der Waals surface area (Å²) < 4.78 is 8.96. The van der Waals surface area contributed by atoms with Gasteiger partial charge in [-0.05, 0) is 94.8 Å². The zero-order valence-corrected chi connectivity index (χ0v) is 31.4. The minimum Gasteiger partial charge on any atom is -0.456 e. The summed E-state index contributed by atoms with van der Waals surface area (Å²) in [6.45, 7) is 0. The van der Waals surface area contributed by atoms with Crippen LogP contribution < -0.4 is 0 Å². The van der Waals surface area contributed by atoms with Gasteiger partial charge in [0.25, 0.3) is 0 Å². The first-order valence-electron chi connectivity index (χ1n) is 19.8. The quantitative estimate of drug-likeness (QED) is 0.176. The topological polar surface area (TPSA) is 56.7 Å². The number of aryl methyl sites for hydroxylation is 2. The zero-order chi connectivity index (χ0) is 38.2. The lowest BCUT2D eigenvalue weighted by Gasteiger charge is -2.21. The van der Waals surface area contributed by atoms with Crippen LogP contribution in [0.25, 0.3) is 106 Å². The van der Waals surface area contributed by atoms with Gasteiger partial charge < -0.3 is 8.98 Å². The molecule has 5 nitrogen and oxygen atoms in total. The van der Waals surface area contributed by atoms with E-state index in [4.69, 9.17) is 19.4 Å². The van der Waals surface area contributed by atoms with Crippen molar-refractivity contribution in [1.82, 2.24) is 19.5 Å². The Morgan fingerprint density at radius 1 is 0.397 bits per heavy atom. The number of furan rings is 1. The van der Waals surface area contributed by atoms with E-state index < -0.39 is 0 Å². The van der Waals surface area contributed by atoms with Crippen molar-refractivity contribution in [2.45, 2.75) is 12.8 Å². The van der Waals surface area contributed by atoms with E-state index in [1.807, 2.05) is 72.8 Å². The molecule has 12 rings (SSSR count). The Labute approximate surface area is 334 Å². The molecule has 11 aromatic rings. The van der Waals surface area contributed by atoms with E-state index in [0.717, 1.165) is 68.3 Å². The van der Waals surface area contributed by atoms with Crippen LogP contribution in [0.5, 0.6) is 0 Å². The molecule has 0 fully saturated rings. The van der Waals surface area contributed by atoms with Gasteiger partial charge in [0, 0.05) is 43.9 Å². The van der Waals surface area contributed by atoms with Crippen LogP contribution in [0.3, 0.4) is 0 Å². The van der Waals surface area contributed by atoms with E-state index in [1.165, 1.54) is 44.1 Å². The van der Waals surface area contributed by atoms with E-state index >= 15 is 0 Å². The van der Waals surface area contributed by atoms with Crippen LogP contribution >= 0.6 is 0 Å². The lowest BCUT2D eigenvalue weighted by Crippen LogP contribution is -2.04. The molecule has 0 unspecified atom stereocenters. The van der Waals surface area contributed by atoms with Crippen LogP contribution in [0.2, 0.25) is 0 Å². The van der Waals surface area contributed by atoms with Gasteiger partial charge in [-0.1, -0.05) is 133 Å². The molecular weight excluding hydrogens is 709 g/mol. The average molecular weight is 743 g/mol. The highest BCUT2D eigenvalue weighted by molar-refractivity contribution is 6.15. The molecule has 8 aromatic carbocycles. The van der Waals surface area contributed by atoms with Crippen molar-refractivity contribution in [3.8, 4) is 62.1 Å². The Bertz CT molecular complexity index is 3330. The first-order valence-corrected chi connectivity index (χ1v) is 19.8. The maximum Gasteiger partial charge on any atom is 0.164 e. The summed E-state index contributed by atoms with van der Waals surface area (Å²) >= 11 is 0. The van der Waals surface area contributed by atoms with Crippen LogP contribution in [0.15, 0.2) is 186 Å². The van der Waals surface area contributed by atoms with Crippen LogP contribution in [0.4, 0.5) is 0 Å². The molecule has 1 aliphatic carbocycles. The highest BCUT2D eigenvalue weighted by atomic mass is 16.3. The third-order valence-corrected chi connectivity index (χ3v) is 11.8. The molecule has 0 amide bonds. The molecule has 0 N–H and O–H groups in total. The number of benzene rings is 8. The van der Waals surface area contributed by atoms with Crippen LogP contribution in [-0.4, -0.2) is 19.5 Å². The van der Waals surface area contributed by atoms with Crippen molar-refractivity contribution < 1.29 is 4.42 Å². The van der Waals surface area contributed by atoms with Gasteiger partial charge in [-0.2, -0.15) is 0 Å². The lowest BCUT2D eigenvalue weighted by atomic mass is 9.83. The summed E-state index contributed by atoms with van der Waals surface area (Å²) in [7, 11) is 0. The normalized spacial score (nSPS) is 12.3. The number of fused-ring (bicyclic) bond motifs is 10. The number of rotatable bonds is 5. The molecule has 3 aromatic heterocycles. The second-order valence-corrected chi connectivity index (χ2v) is 15.1. The van der Waals surface area contributed by atoms with Crippen molar-refractivity contribution in [2.24, 2.45) is 0 Å². The van der Waals surface area contributed by atoms with Crippen molar-refractivity contribution >= 4 is 43.7 Å². The van der Waals surface area contributed by atoms with Crippen LogP contribution in [-0.2, 0) is 12.8 Å². The van der Waals surface area contributed by atoms with Crippen LogP contribution in [0, 0.1) is 0 Å². The molecule has 0 aliphatic heterocycles. The molecule has 0 saturated carbocycles. The van der Waals surface area contributed by atoms with Crippen LogP contribution in [0.1, 0.15) is 11.1 Å². The second kappa shape index (κ2) is 13.0. The molecular formula is C53H34N4O. The Balaban J connectivity index is 1.06. The highest BCUT2D eigenvalue weighted by Gasteiger charge is 2.24. The number of nitrogens with zero attached hydrogens (tertiary/aromatic N) is 4. The molecule has 0 radical (unpaired) electrons. The molecule has 3 heterocycles. The molecule has 58 heavy (non-hydrogen) atoms. The Morgan fingerprint density at radius 3 is 1.78 bits per heavy atom. The predicted octanol–water partition coefficient (Wildman–Crippen LogP) is 13.3. The van der Waals surface area contributed by atoms with E-state index in [1.54, 1.807) is 0 Å². The summed E-state index contributed by atoms with van der Waals surface area (Å²) in [5.41, 5.74) is 15.8. The van der Waals surface area contributed by atoms with Gasteiger partial charge in [-0.25, -0.2) is 15.0 Å². The van der Waals surface area contributed by atoms with Crippen molar-refractivity contribution in [3.63, 3.8) is 0 Å². The monoisotopic (exact) mass is 742 g/mol. The smallest absolute Gasteiger partial charge is 0.164 e. The Kier molecular flexibility index (Phi) is 7.29. The molecule has 0 saturated heterocycles. The summed E-state index contributed by atoms with van der Waals surface area (Å²) in [5.74, 6) is 1.86. The maximum atomic E-state index is 6.53. The first kappa shape index (κ1) is 32.6. The Morgan fingerprint density at radius 2 is 1.02 bits per heavy atom. The number of para-hydroxylation sites is 1. The third-order valence-electron chi connectivity index (χ3n) is 11.8. The minimum atomic E-state index is 0.605. The molecule has 0 bridgehead atoms. The van der Waals surface area contributed by atoms with Gasteiger partial charge in [-0.3, -0.25) is 0 Å². The Hall–Kier alpha value is -7.63. The van der Waals surface area contributed by atoms with Crippen molar-refractivity contribution in [3.05, 3.63) is 193 Å². The second-order valence-electron chi connectivity index (χ2n) is 15.1. The van der Waals surface area contributed by atoms with Gasteiger partial charge in [-0.15, -0.1) is 0 Å². The minimum absolute atomic E-state index is 0.605. The predicted molar refractivity (Wildman–Crippen MR) is 236 cm³/mol. The maximum absolute atomic E-state index is 6.53. The molecule has 0 spiro atoms. The van der Waals surface area contributed by atoms with Crippen molar-refractivity contribution in [1.29, 1.82) is 0 Å². The molecule has 5 heteroatoms. The van der Waals surface area contributed by atoms with Gasteiger partial charge in [0.05, 0.1) is 11.0 Å². The average Bonchev–Trinajstić information content (AvgIpc) is 3.85. The number of aromatic nitrogens is 4. The van der Waals surface area contributed by atoms with Crippen molar-refractivity contribution in [2.75, 3.05) is 0 Å². The molecule has 1 aliphatic rings. The number of hydrogen-bond acceptors (Lipinski definition) is 4. The fourth-order valence-electron chi connectivity index (χ4n) is 9.11. The van der Waals surface area contributed by atoms with E-state index in [9.17, 15) is 0 Å². The fraction of sp³-hybridized carbons (Fsp3) is 0.0377. The van der Waals surface area contributed by atoms with E-state index in [0.29, 0.717) is 17.5 Å². The van der Waals surface area contributed by atoms with E-state index in [2.05, 4.69) is 114 Å². The zero-order valence-electron chi connectivity index (χ0n) is 31.4. The molecule has 272 valence electrons. The first-order chi connectivity index (χ1) is 28.7. The lowest BCUT2D eigenvalue weighted by molar-refractivity contribution is 0.669. The van der Waals surface area contributed by atoms with Gasteiger partial charge in [0.1, 0.15) is 11.2 Å². The van der Waals surface area contributed by atoms with Gasteiger partial charge >= 0.3 is 0 Å². The standard InChI is InChI=1S/C53H34N4O/c1-4-14-34(15-5-1)51-54-52(35-16-6-2-7-17-35)56-53(55-51)42-21-12-22-48-50(42)44-32-37(25-30-47(44)58-48)36-24-28-45-43(31-36)49-41-26-23-33-13-10-11-20-39(33)40(41)27-29-46(49)57(45)38-18-8-3-9-19-38/h1-22,24-25,27-32H,23,26H2. The highest BCUT2D eigenvalue weighted by Crippen LogP contribution is 2.44. The largest absolute Gasteiger partial charge is 0.456 e. The summed E-state index contributed by atoms with van der Waals surface area (Å²) in [5, 5.41) is 4.60. The summed E-state index contributed by atoms with van der Waals surface area (Å²) in [6.07, 6.45) is 2.04. The fourth-order valence-corrected chi connectivity index (χ4v) is 9.11. The summed E-state index contributed by atoms with van der Waals surface area (Å²) in [4.78, 5) is 15.1. The number of hydrogen-bond donors (Lipinski definition) is 0.